The molecule has 9 heteroatoms. The van der Waals surface area contributed by atoms with Gasteiger partial charge in [-0.25, -0.2) is 0 Å². The number of fused-ring (bicyclic) bond motifs is 2. The molecule has 3 heterocycles. The summed E-state index contributed by atoms with van der Waals surface area (Å²) >= 11 is 0. The third-order valence-electron chi connectivity index (χ3n) is 7.41. The van der Waals surface area contributed by atoms with E-state index in [4.69, 9.17) is 14.7 Å². The summed E-state index contributed by atoms with van der Waals surface area (Å²) in [6, 6.07) is 12.3. The smallest absolute Gasteiger partial charge is 0.318 e. The van der Waals surface area contributed by atoms with Crippen LogP contribution in [0.4, 0.5) is 11.5 Å². The van der Waals surface area contributed by atoms with E-state index in [1.807, 2.05) is 36.5 Å². The maximum Gasteiger partial charge on any atom is 0.318 e. The van der Waals surface area contributed by atoms with E-state index in [1.165, 1.54) is 5.56 Å². The molecular formula is C30H38N6O3. The molecule has 2 aliphatic rings. The van der Waals surface area contributed by atoms with E-state index < -0.39 is 0 Å². The minimum atomic E-state index is 0.265. The number of hydrogen-bond acceptors (Lipinski definition) is 9. The average Bonchev–Trinajstić information content (AvgIpc) is 2.95. The third kappa shape index (κ3) is 6.42. The summed E-state index contributed by atoms with van der Waals surface area (Å²) in [5.41, 5.74) is 3.16. The number of aldehydes is 1. The van der Waals surface area contributed by atoms with Crippen LogP contribution in [0, 0.1) is 0 Å². The lowest BCUT2D eigenvalue weighted by atomic mass is 10.0. The van der Waals surface area contributed by atoms with Gasteiger partial charge in [0.25, 0.3) is 0 Å². The summed E-state index contributed by atoms with van der Waals surface area (Å²) in [6.45, 7) is 6.32. The fraction of sp³-hybridized carbons (Fsp3) is 0.433. The number of unbranched alkanes of at least 4 members (excludes halogenated alkanes) is 1. The van der Waals surface area contributed by atoms with Gasteiger partial charge < -0.3 is 29.4 Å². The number of ether oxygens (including phenoxy) is 1. The number of phenols is 1. The standard InChI is InChI=1S/C30H38N6O3/c1-33(2)11-5-6-19-39-30-31-27-22-36(28-21-24(38)20-23-8-3-4-9-25(23)28)13-10-26(27)29(32-30)35-16-14-34(15-17-35)12-7-18-37/h3-4,7-9,12,18,20-21,38H,5-6,10-11,13-17,19,22H2,1-2H3. The number of rotatable bonds is 10. The average molecular weight is 531 g/mol. The first kappa shape index (κ1) is 26.7. The number of piperazine rings is 1. The number of anilines is 2. The van der Waals surface area contributed by atoms with Crippen LogP contribution in [0.15, 0.2) is 48.7 Å². The number of benzene rings is 2. The van der Waals surface area contributed by atoms with Gasteiger partial charge in [-0.1, -0.05) is 24.3 Å². The fourth-order valence-corrected chi connectivity index (χ4v) is 5.39. The lowest BCUT2D eigenvalue weighted by molar-refractivity contribution is -0.104. The molecule has 9 nitrogen and oxygen atoms in total. The largest absolute Gasteiger partial charge is 0.508 e. The molecule has 5 rings (SSSR count). The van der Waals surface area contributed by atoms with Crippen LogP contribution in [0.1, 0.15) is 24.1 Å². The van der Waals surface area contributed by atoms with Crippen molar-refractivity contribution in [2.24, 2.45) is 0 Å². The number of carbonyl (C=O) groups is 1. The van der Waals surface area contributed by atoms with E-state index in [-0.39, 0.29) is 5.75 Å². The number of nitrogens with zero attached hydrogens (tertiary/aromatic N) is 6. The maximum absolute atomic E-state index is 10.7. The molecule has 0 bridgehead atoms. The Morgan fingerprint density at radius 3 is 2.64 bits per heavy atom. The van der Waals surface area contributed by atoms with Crippen molar-refractivity contribution in [3.8, 4) is 11.8 Å². The first-order valence-corrected chi connectivity index (χ1v) is 13.8. The quantitative estimate of drug-likeness (QED) is 0.241. The summed E-state index contributed by atoms with van der Waals surface area (Å²) in [4.78, 5) is 29.5. The Labute approximate surface area is 230 Å². The second-order valence-corrected chi connectivity index (χ2v) is 10.5. The fourth-order valence-electron chi connectivity index (χ4n) is 5.39. The van der Waals surface area contributed by atoms with Crippen molar-refractivity contribution in [1.82, 2.24) is 19.8 Å². The Hall–Kier alpha value is -3.85. The number of hydrogen-bond donors (Lipinski definition) is 1. The van der Waals surface area contributed by atoms with Gasteiger partial charge in [0.2, 0.25) is 0 Å². The molecule has 0 amide bonds. The zero-order valence-electron chi connectivity index (χ0n) is 22.9. The van der Waals surface area contributed by atoms with Gasteiger partial charge >= 0.3 is 6.01 Å². The molecule has 0 aliphatic carbocycles. The summed E-state index contributed by atoms with van der Waals surface area (Å²) < 4.78 is 6.10. The van der Waals surface area contributed by atoms with Crippen molar-refractivity contribution in [1.29, 1.82) is 0 Å². The van der Waals surface area contributed by atoms with Crippen molar-refractivity contribution in [2.45, 2.75) is 25.8 Å². The molecule has 1 fully saturated rings. The van der Waals surface area contributed by atoms with Crippen LogP contribution in [0.5, 0.6) is 11.8 Å². The van der Waals surface area contributed by atoms with Gasteiger partial charge in [0.1, 0.15) is 17.9 Å². The highest BCUT2D eigenvalue weighted by Crippen LogP contribution is 2.36. The molecule has 206 valence electrons. The van der Waals surface area contributed by atoms with E-state index in [1.54, 1.807) is 6.08 Å². The van der Waals surface area contributed by atoms with E-state index >= 15 is 0 Å². The molecule has 0 unspecified atom stereocenters. The molecule has 1 aromatic heterocycles. The Kier molecular flexibility index (Phi) is 8.46. The van der Waals surface area contributed by atoms with Gasteiger partial charge in [-0.15, -0.1) is 0 Å². The molecule has 2 aromatic carbocycles. The highest BCUT2D eigenvalue weighted by Gasteiger charge is 2.28. The third-order valence-corrected chi connectivity index (χ3v) is 7.41. The minimum Gasteiger partial charge on any atom is -0.508 e. The predicted molar refractivity (Wildman–Crippen MR) is 155 cm³/mol. The summed E-state index contributed by atoms with van der Waals surface area (Å²) in [7, 11) is 4.16. The monoisotopic (exact) mass is 530 g/mol. The van der Waals surface area contributed by atoms with Crippen LogP contribution in [0.2, 0.25) is 0 Å². The van der Waals surface area contributed by atoms with E-state index in [2.05, 4.69) is 39.8 Å². The van der Waals surface area contributed by atoms with Crippen LogP contribution in [0.3, 0.4) is 0 Å². The molecule has 1 saturated heterocycles. The molecule has 3 aromatic rings. The highest BCUT2D eigenvalue weighted by molar-refractivity contribution is 5.95. The molecule has 0 radical (unpaired) electrons. The minimum absolute atomic E-state index is 0.265. The van der Waals surface area contributed by atoms with Gasteiger partial charge in [0.05, 0.1) is 18.8 Å². The van der Waals surface area contributed by atoms with Gasteiger partial charge in [0, 0.05) is 61.6 Å². The van der Waals surface area contributed by atoms with Crippen molar-refractivity contribution in [3.05, 3.63) is 59.9 Å². The predicted octanol–water partition coefficient (Wildman–Crippen LogP) is 3.45. The summed E-state index contributed by atoms with van der Waals surface area (Å²) in [5, 5.41) is 12.6. The number of aromatic hydroxyl groups is 1. The van der Waals surface area contributed by atoms with Crippen molar-refractivity contribution < 1.29 is 14.6 Å². The molecule has 0 atom stereocenters. The zero-order valence-corrected chi connectivity index (χ0v) is 22.9. The number of carbonyl (C=O) groups excluding carboxylic acids is 1. The molecular weight excluding hydrogens is 492 g/mol. The Balaban J connectivity index is 1.41. The molecule has 0 spiro atoms. The molecule has 39 heavy (non-hydrogen) atoms. The SMILES string of the molecule is CN(C)CCCCOc1nc2c(c(N3CCN(C=CC=O)CC3)n1)CCN(c1cc(O)cc3ccccc13)C2. The van der Waals surface area contributed by atoms with Crippen molar-refractivity contribution >= 4 is 28.6 Å². The van der Waals surface area contributed by atoms with E-state index in [9.17, 15) is 9.90 Å². The maximum atomic E-state index is 10.7. The van der Waals surface area contributed by atoms with Gasteiger partial charge in [-0.05, 0) is 57.4 Å². The van der Waals surface area contributed by atoms with E-state index in [0.717, 1.165) is 92.8 Å². The van der Waals surface area contributed by atoms with Gasteiger partial charge in [0.15, 0.2) is 0 Å². The lowest BCUT2D eigenvalue weighted by Crippen LogP contribution is -2.45. The molecule has 2 aliphatic heterocycles. The van der Waals surface area contributed by atoms with Crippen LogP contribution >= 0.6 is 0 Å². The second-order valence-electron chi connectivity index (χ2n) is 10.5. The normalized spacial score (nSPS) is 15.8. The van der Waals surface area contributed by atoms with Crippen LogP contribution < -0.4 is 14.5 Å². The van der Waals surface area contributed by atoms with Crippen LogP contribution in [-0.4, -0.2) is 91.1 Å². The first-order chi connectivity index (χ1) is 19.0. The zero-order chi connectivity index (χ0) is 27.2. The second kappa shape index (κ2) is 12.3. The Bertz CT molecular complexity index is 1320. The highest BCUT2D eigenvalue weighted by atomic mass is 16.5. The van der Waals surface area contributed by atoms with Crippen LogP contribution in [0.25, 0.3) is 10.8 Å². The Morgan fingerprint density at radius 1 is 1.03 bits per heavy atom. The van der Waals surface area contributed by atoms with Gasteiger partial charge in [-0.3, -0.25) is 4.79 Å². The van der Waals surface area contributed by atoms with Gasteiger partial charge in [-0.2, -0.15) is 9.97 Å². The number of allylic oxidation sites excluding steroid dienone is 1. The molecule has 1 N–H and O–H groups in total. The first-order valence-electron chi connectivity index (χ1n) is 13.8. The summed E-state index contributed by atoms with van der Waals surface area (Å²) in [5.74, 6) is 1.23. The van der Waals surface area contributed by atoms with Crippen LogP contribution in [-0.2, 0) is 17.8 Å². The lowest BCUT2D eigenvalue weighted by Gasteiger charge is -2.38. The van der Waals surface area contributed by atoms with E-state index in [0.29, 0.717) is 19.2 Å². The summed E-state index contributed by atoms with van der Waals surface area (Å²) in [6.07, 6.45) is 7.03. The number of phenolic OH excluding ortho intramolecular Hbond substituents is 1. The van der Waals surface area contributed by atoms with Crippen molar-refractivity contribution in [2.75, 3.05) is 69.8 Å². The Morgan fingerprint density at radius 2 is 1.85 bits per heavy atom. The van der Waals surface area contributed by atoms with Crippen molar-refractivity contribution in [3.63, 3.8) is 0 Å². The molecule has 0 saturated carbocycles. The number of aromatic nitrogens is 2. The topological polar surface area (TPSA) is 85.3 Å².